The number of carbonyl (C=O) groups excluding carboxylic acids is 2. The lowest BCUT2D eigenvalue weighted by Gasteiger charge is -2.16. The number of likely N-dealkylation sites (tertiary alicyclic amines) is 1. The first-order valence-corrected chi connectivity index (χ1v) is 9.95. The number of amides is 2. The van der Waals surface area contributed by atoms with Crippen LogP contribution in [0, 0.1) is 0 Å². The monoisotopic (exact) mass is 470 g/mol. The van der Waals surface area contributed by atoms with Gasteiger partial charge in [0.2, 0.25) is 0 Å². The summed E-state index contributed by atoms with van der Waals surface area (Å²) in [6.45, 7) is 1.32. The number of carbonyl (C=O) groups is 2. The molecule has 2 aromatic rings. The van der Waals surface area contributed by atoms with Gasteiger partial charge < -0.3 is 15.0 Å². The summed E-state index contributed by atoms with van der Waals surface area (Å²) in [7, 11) is 0. The molecule has 1 aliphatic rings. The summed E-state index contributed by atoms with van der Waals surface area (Å²) in [5.41, 5.74) is 1.09. The summed E-state index contributed by atoms with van der Waals surface area (Å²) in [4.78, 5) is 26.5. The molecule has 1 heterocycles. The summed E-state index contributed by atoms with van der Waals surface area (Å²) in [5, 5.41) is 3.50. The van der Waals surface area contributed by atoms with Gasteiger partial charge >= 0.3 is 0 Å². The highest BCUT2D eigenvalue weighted by molar-refractivity contribution is 9.10. The summed E-state index contributed by atoms with van der Waals surface area (Å²) in [5.74, 6) is -0.0374. The van der Waals surface area contributed by atoms with E-state index in [1.165, 1.54) is 6.07 Å². The average Bonchev–Trinajstić information content (AvgIpc) is 3.15. The Morgan fingerprint density at radius 2 is 1.89 bits per heavy atom. The van der Waals surface area contributed by atoms with Crippen LogP contribution in [0.15, 0.2) is 40.9 Å². The molecule has 3 rings (SSSR count). The molecule has 142 valence electrons. The maximum atomic E-state index is 12.5. The van der Waals surface area contributed by atoms with E-state index >= 15 is 0 Å². The van der Waals surface area contributed by atoms with Gasteiger partial charge in [0, 0.05) is 29.4 Å². The van der Waals surface area contributed by atoms with Crippen molar-refractivity contribution >= 4 is 56.6 Å². The SMILES string of the molecule is O=C(COc1c(Cl)cc(Cl)cc1Br)Nc1cccc(C(=O)N2CCCC2)c1. The second kappa shape index (κ2) is 8.95. The minimum atomic E-state index is -0.362. The molecular weight excluding hydrogens is 455 g/mol. The zero-order chi connectivity index (χ0) is 19.4. The molecule has 0 saturated carbocycles. The van der Waals surface area contributed by atoms with Gasteiger partial charge in [-0.05, 0) is 59.1 Å². The van der Waals surface area contributed by atoms with Crippen molar-refractivity contribution in [1.29, 1.82) is 0 Å². The van der Waals surface area contributed by atoms with Crippen LogP contribution < -0.4 is 10.1 Å². The molecule has 1 saturated heterocycles. The van der Waals surface area contributed by atoms with Crippen molar-refractivity contribution in [3.8, 4) is 5.75 Å². The Bertz CT molecular complexity index is 847. The van der Waals surface area contributed by atoms with Gasteiger partial charge in [-0.2, -0.15) is 0 Å². The molecule has 1 N–H and O–H groups in total. The zero-order valence-corrected chi connectivity index (χ0v) is 17.4. The standard InChI is InChI=1S/C19H17BrCl2N2O3/c20-15-9-13(21)10-16(22)18(15)27-11-17(25)23-14-5-3-4-12(8-14)19(26)24-6-1-2-7-24/h3-5,8-10H,1-2,6-7,11H2,(H,23,25). The number of anilines is 1. The lowest BCUT2D eigenvalue weighted by Crippen LogP contribution is -2.27. The van der Waals surface area contributed by atoms with Crippen molar-refractivity contribution in [3.63, 3.8) is 0 Å². The van der Waals surface area contributed by atoms with Crippen LogP contribution in [0.1, 0.15) is 23.2 Å². The van der Waals surface area contributed by atoms with Crippen LogP contribution in [-0.4, -0.2) is 36.4 Å². The first kappa shape index (κ1) is 20.0. The molecule has 0 spiro atoms. The number of nitrogens with zero attached hydrogens (tertiary/aromatic N) is 1. The molecule has 1 fully saturated rings. The fourth-order valence-electron chi connectivity index (χ4n) is 2.83. The second-order valence-corrected chi connectivity index (χ2v) is 7.81. The Kier molecular flexibility index (Phi) is 6.63. The maximum absolute atomic E-state index is 12.5. The molecule has 0 atom stereocenters. The quantitative estimate of drug-likeness (QED) is 0.666. The van der Waals surface area contributed by atoms with Gasteiger partial charge in [0.25, 0.3) is 11.8 Å². The normalized spacial score (nSPS) is 13.5. The van der Waals surface area contributed by atoms with Crippen molar-refractivity contribution in [2.45, 2.75) is 12.8 Å². The van der Waals surface area contributed by atoms with Crippen molar-refractivity contribution in [2.75, 3.05) is 25.0 Å². The number of nitrogens with one attached hydrogen (secondary N) is 1. The fraction of sp³-hybridized carbons (Fsp3) is 0.263. The van der Waals surface area contributed by atoms with Crippen LogP contribution in [0.3, 0.4) is 0 Å². The Morgan fingerprint density at radius 3 is 2.59 bits per heavy atom. The Balaban J connectivity index is 1.61. The van der Waals surface area contributed by atoms with E-state index in [4.69, 9.17) is 27.9 Å². The zero-order valence-electron chi connectivity index (χ0n) is 14.3. The van der Waals surface area contributed by atoms with Gasteiger partial charge in [0.1, 0.15) is 0 Å². The van der Waals surface area contributed by atoms with Crippen molar-refractivity contribution in [3.05, 3.63) is 56.5 Å². The number of benzene rings is 2. The molecule has 2 aromatic carbocycles. The predicted molar refractivity (Wildman–Crippen MR) is 110 cm³/mol. The first-order chi connectivity index (χ1) is 12.9. The molecule has 27 heavy (non-hydrogen) atoms. The summed E-state index contributed by atoms with van der Waals surface area (Å²) >= 11 is 15.3. The van der Waals surface area contributed by atoms with Gasteiger partial charge in [-0.15, -0.1) is 0 Å². The van der Waals surface area contributed by atoms with Crippen LogP contribution in [0.4, 0.5) is 5.69 Å². The van der Waals surface area contributed by atoms with Gasteiger partial charge in [0.05, 0.1) is 9.50 Å². The van der Waals surface area contributed by atoms with Crippen LogP contribution in [0.25, 0.3) is 0 Å². The molecule has 8 heteroatoms. The number of hydrogen-bond donors (Lipinski definition) is 1. The summed E-state index contributed by atoms with van der Waals surface area (Å²) in [6, 6.07) is 10.1. The van der Waals surface area contributed by atoms with E-state index in [1.54, 1.807) is 30.3 Å². The number of ether oxygens (including phenoxy) is 1. The fourth-order valence-corrected chi connectivity index (χ4v) is 4.20. The molecule has 0 aromatic heterocycles. The maximum Gasteiger partial charge on any atom is 0.262 e. The molecule has 0 radical (unpaired) electrons. The Hall–Kier alpha value is -1.76. The summed E-state index contributed by atoms with van der Waals surface area (Å²) < 4.78 is 6.05. The van der Waals surface area contributed by atoms with Crippen molar-refractivity contribution < 1.29 is 14.3 Å². The van der Waals surface area contributed by atoms with E-state index in [2.05, 4.69) is 21.2 Å². The summed E-state index contributed by atoms with van der Waals surface area (Å²) in [6.07, 6.45) is 2.06. The highest BCUT2D eigenvalue weighted by Gasteiger charge is 2.19. The molecule has 0 aliphatic carbocycles. The molecule has 5 nitrogen and oxygen atoms in total. The topological polar surface area (TPSA) is 58.6 Å². The number of hydrogen-bond acceptors (Lipinski definition) is 3. The predicted octanol–water partition coefficient (Wildman–Crippen LogP) is 5.01. The number of halogens is 3. The lowest BCUT2D eigenvalue weighted by atomic mass is 10.1. The highest BCUT2D eigenvalue weighted by Crippen LogP contribution is 2.36. The van der Waals surface area contributed by atoms with Gasteiger partial charge in [-0.25, -0.2) is 0 Å². The average molecular weight is 472 g/mol. The second-order valence-electron chi connectivity index (χ2n) is 6.12. The molecule has 2 amide bonds. The minimum Gasteiger partial charge on any atom is -0.481 e. The Morgan fingerprint density at radius 1 is 1.15 bits per heavy atom. The first-order valence-electron chi connectivity index (χ1n) is 8.40. The van der Waals surface area contributed by atoms with Crippen molar-refractivity contribution in [2.24, 2.45) is 0 Å². The van der Waals surface area contributed by atoms with E-state index in [-0.39, 0.29) is 18.4 Å². The smallest absolute Gasteiger partial charge is 0.262 e. The largest absolute Gasteiger partial charge is 0.481 e. The van der Waals surface area contributed by atoms with Gasteiger partial charge in [-0.3, -0.25) is 9.59 Å². The van der Waals surface area contributed by atoms with Gasteiger partial charge in [-0.1, -0.05) is 29.3 Å². The lowest BCUT2D eigenvalue weighted by molar-refractivity contribution is -0.118. The van der Waals surface area contributed by atoms with Crippen LogP contribution >= 0.6 is 39.1 Å². The van der Waals surface area contributed by atoms with Crippen LogP contribution in [-0.2, 0) is 4.79 Å². The van der Waals surface area contributed by atoms with E-state index in [1.807, 2.05) is 4.90 Å². The van der Waals surface area contributed by atoms with Crippen molar-refractivity contribution in [1.82, 2.24) is 4.90 Å². The molecule has 0 unspecified atom stereocenters. The minimum absolute atomic E-state index is 0.0169. The van der Waals surface area contributed by atoms with Crippen LogP contribution in [0.5, 0.6) is 5.75 Å². The van der Waals surface area contributed by atoms with E-state index in [0.29, 0.717) is 31.5 Å². The molecule has 0 bridgehead atoms. The Labute approximate surface area is 175 Å². The third-order valence-electron chi connectivity index (χ3n) is 4.10. The number of rotatable bonds is 5. The van der Waals surface area contributed by atoms with Crippen LogP contribution in [0.2, 0.25) is 10.0 Å². The molecule has 1 aliphatic heterocycles. The van der Waals surface area contributed by atoms with E-state index < -0.39 is 0 Å². The van der Waals surface area contributed by atoms with Gasteiger partial charge in [0.15, 0.2) is 12.4 Å². The third kappa shape index (κ3) is 5.15. The molecular formula is C19H17BrCl2N2O3. The third-order valence-corrected chi connectivity index (χ3v) is 5.19. The highest BCUT2D eigenvalue weighted by atomic mass is 79.9. The van der Waals surface area contributed by atoms with E-state index in [0.717, 1.165) is 25.9 Å². The van der Waals surface area contributed by atoms with E-state index in [9.17, 15) is 9.59 Å².